The zero-order valence-electron chi connectivity index (χ0n) is 9.04. The van der Waals surface area contributed by atoms with Gasteiger partial charge >= 0.3 is 0 Å². The summed E-state index contributed by atoms with van der Waals surface area (Å²) in [5.74, 6) is 6.44. The molecule has 1 aromatic heterocycles. The number of aryl methyl sites for hydroxylation is 1. The maximum atomic E-state index is 5.95. The molecule has 2 aromatic rings. The van der Waals surface area contributed by atoms with Gasteiger partial charge in [0.05, 0.1) is 10.0 Å². The topological polar surface area (TPSA) is 63.8 Å². The van der Waals surface area contributed by atoms with Gasteiger partial charge in [-0.25, -0.2) is 15.8 Å². The minimum atomic E-state index is 0.469. The van der Waals surface area contributed by atoms with E-state index in [1.54, 1.807) is 18.2 Å². The Kier molecular flexibility index (Phi) is 3.47. The van der Waals surface area contributed by atoms with Crippen molar-refractivity contribution in [1.82, 2.24) is 9.97 Å². The summed E-state index contributed by atoms with van der Waals surface area (Å²) in [6, 6.07) is 6.99. The van der Waals surface area contributed by atoms with Gasteiger partial charge < -0.3 is 5.43 Å². The molecular formula is C11H10Cl2N4. The van der Waals surface area contributed by atoms with Gasteiger partial charge in [0.1, 0.15) is 5.82 Å². The number of nitrogens with zero attached hydrogens (tertiary/aromatic N) is 2. The molecule has 88 valence electrons. The predicted octanol–water partition coefficient (Wildman–Crippen LogP) is 3.04. The van der Waals surface area contributed by atoms with Crippen molar-refractivity contribution >= 4 is 29.0 Å². The van der Waals surface area contributed by atoms with Gasteiger partial charge in [0.2, 0.25) is 0 Å². The van der Waals surface area contributed by atoms with Crippen LogP contribution in [0.25, 0.3) is 11.4 Å². The summed E-state index contributed by atoms with van der Waals surface area (Å²) in [5.41, 5.74) is 4.10. The molecule has 0 atom stereocenters. The highest BCUT2D eigenvalue weighted by Gasteiger charge is 2.06. The molecule has 0 bridgehead atoms. The number of halogens is 2. The molecule has 0 aliphatic heterocycles. The molecule has 0 saturated heterocycles. The maximum Gasteiger partial charge on any atom is 0.161 e. The summed E-state index contributed by atoms with van der Waals surface area (Å²) in [7, 11) is 0. The third kappa shape index (κ3) is 2.66. The van der Waals surface area contributed by atoms with E-state index < -0.39 is 0 Å². The van der Waals surface area contributed by atoms with Crippen LogP contribution in [0.2, 0.25) is 10.0 Å². The fourth-order valence-electron chi connectivity index (χ4n) is 1.41. The number of hydrazine groups is 1. The van der Waals surface area contributed by atoms with Crippen LogP contribution in [0.15, 0.2) is 24.3 Å². The molecule has 0 amide bonds. The Morgan fingerprint density at radius 1 is 1.12 bits per heavy atom. The van der Waals surface area contributed by atoms with Crippen molar-refractivity contribution in [2.75, 3.05) is 5.43 Å². The second-order valence-electron chi connectivity index (χ2n) is 3.49. The van der Waals surface area contributed by atoms with E-state index in [1.165, 1.54) is 0 Å². The van der Waals surface area contributed by atoms with Gasteiger partial charge in [0.15, 0.2) is 5.82 Å². The molecule has 0 aliphatic rings. The fraction of sp³-hybridized carbons (Fsp3) is 0.0909. The van der Waals surface area contributed by atoms with E-state index in [-0.39, 0.29) is 0 Å². The minimum Gasteiger partial charge on any atom is -0.308 e. The normalized spacial score (nSPS) is 10.4. The molecule has 1 heterocycles. The van der Waals surface area contributed by atoms with Crippen LogP contribution in [0.4, 0.5) is 5.82 Å². The van der Waals surface area contributed by atoms with Gasteiger partial charge in [-0.2, -0.15) is 0 Å². The van der Waals surface area contributed by atoms with Crippen molar-refractivity contribution in [3.63, 3.8) is 0 Å². The number of nitrogens with two attached hydrogens (primary N) is 1. The maximum absolute atomic E-state index is 5.95. The van der Waals surface area contributed by atoms with E-state index in [1.807, 2.05) is 13.0 Å². The largest absolute Gasteiger partial charge is 0.308 e. The number of aromatic nitrogens is 2. The van der Waals surface area contributed by atoms with E-state index in [4.69, 9.17) is 29.0 Å². The van der Waals surface area contributed by atoms with Crippen LogP contribution < -0.4 is 11.3 Å². The van der Waals surface area contributed by atoms with Crippen molar-refractivity contribution in [3.05, 3.63) is 40.0 Å². The molecule has 0 unspecified atom stereocenters. The summed E-state index contributed by atoms with van der Waals surface area (Å²) < 4.78 is 0. The molecule has 0 radical (unpaired) electrons. The number of rotatable bonds is 2. The minimum absolute atomic E-state index is 0.469. The number of nitrogen functional groups attached to an aromatic ring is 1. The number of nitrogens with one attached hydrogen (secondary N) is 1. The van der Waals surface area contributed by atoms with E-state index in [9.17, 15) is 0 Å². The Labute approximate surface area is 109 Å². The van der Waals surface area contributed by atoms with Crippen LogP contribution in [-0.4, -0.2) is 9.97 Å². The number of hydrogen-bond acceptors (Lipinski definition) is 4. The molecule has 4 nitrogen and oxygen atoms in total. The Balaban J connectivity index is 2.52. The Hall–Kier alpha value is -1.36. The molecule has 17 heavy (non-hydrogen) atoms. The lowest BCUT2D eigenvalue weighted by Crippen LogP contribution is -2.09. The Bertz CT molecular complexity index is 557. The van der Waals surface area contributed by atoms with Crippen molar-refractivity contribution in [1.29, 1.82) is 0 Å². The average Bonchev–Trinajstić information content (AvgIpc) is 2.32. The van der Waals surface area contributed by atoms with Crippen molar-refractivity contribution in [3.8, 4) is 11.4 Å². The standard InChI is InChI=1S/C11H10Cl2N4/c1-6-4-10(17-14)16-11(15-6)7-2-3-8(12)9(13)5-7/h2-5H,14H2,1H3,(H,15,16,17). The van der Waals surface area contributed by atoms with Crippen LogP contribution >= 0.6 is 23.2 Å². The van der Waals surface area contributed by atoms with E-state index in [0.717, 1.165) is 11.3 Å². The third-order valence-electron chi connectivity index (χ3n) is 2.18. The Morgan fingerprint density at radius 3 is 2.53 bits per heavy atom. The van der Waals surface area contributed by atoms with Crippen molar-refractivity contribution in [2.45, 2.75) is 6.92 Å². The molecular weight excluding hydrogens is 259 g/mol. The number of anilines is 1. The molecule has 3 N–H and O–H groups in total. The molecule has 1 aromatic carbocycles. The SMILES string of the molecule is Cc1cc(NN)nc(-c2ccc(Cl)c(Cl)c2)n1. The van der Waals surface area contributed by atoms with Crippen LogP contribution in [0, 0.1) is 6.92 Å². The van der Waals surface area contributed by atoms with Crippen LogP contribution in [0.3, 0.4) is 0 Å². The van der Waals surface area contributed by atoms with Gasteiger partial charge in [-0.15, -0.1) is 0 Å². The van der Waals surface area contributed by atoms with Gasteiger partial charge in [0.25, 0.3) is 0 Å². The van der Waals surface area contributed by atoms with Gasteiger partial charge in [-0.1, -0.05) is 23.2 Å². The summed E-state index contributed by atoms with van der Waals surface area (Å²) in [6.45, 7) is 1.86. The Morgan fingerprint density at radius 2 is 1.88 bits per heavy atom. The van der Waals surface area contributed by atoms with E-state index in [2.05, 4.69) is 15.4 Å². The van der Waals surface area contributed by atoms with Crippen molar-refractivity contribution < 1.29 is 0 Å². The smallest absolute Gasteiger partial charge is 0.161 e. The van der Waals surface area contributed by atoms with Crippen LogP contribution in [0.5, 0.6) is 0 Å². The highest BCUT2D eigenvalue weighted by Crippen LogP contribution is 2.27. The molecule has 2 rings (SSSR count). The van der Waals surface area contributed by atoms with Crippen LogP contribution in [-0.2, 0) is 0 Å². The lowest BCUT2D eigenvalue weighted by atomic mass is 10.2. The first-order valence-electron chi connectivity index (χ1n) is 4.88. The summed E-state index contributed by atoms with van der Waals surface area (Å²) in [6.07, 6.45) is 0. The zero-order chi connectivity index (χ0) is 12.4. The molecule has 0 saturated carbocycles. The van der Waals surface area contributed by atoms with Crippen LogP contribution in [0.1, 0.15) is 5.69 Å². The first kappa shape index (κ1) is 12.1. The third-order valence-corrected chi connectivity index (χ3v) is 2.92. The number of hydrogen-bond donors (Lipinski definition) is 2. The highest BCUT2D eigenvalue weighted by atomic mass is 35.5. The first-order chi connectivity index (χ1) is 8.10. The monoisotopic (exact) mass is 268 g/mol. The second kappa shape index (κ2) is 4.87. The van der Waals surface area contributed by atoms with Gasteiger partial charge in [-0.05, 0) is 25.1 Å². The lowest BCUT2D eigenvalue weighted by Gasteiger charge is -2.06. The fourth-order valence-corrected chi connectivity index (χ4v) is 1.70. The first-order valence-corrected chi connectivity index (χ1v) is 5.63. The van der Waals surface area contributed by atoms with Crippen molar-refractivity contribution in [2.24, 2.45) is 5.84 Å². The molecule has 6 heteroatoms. The van der Waals surface area contributed by atoms with E-state index >= 15 is 0 Å². The highest BCUT2D eigenvalue weighted by molar-refractivity contribution is 6.42. The second-order valence-corrected chi connectivity index (χ2v) is 4.31. The van der Waals surface area contributed by atoms with Gasteiger partial charge in [-0.3, -0.25) is 0 Å². The quantitative estimate of drug-likeness (QED) is 0.649. The summed E-state index contributed by atoms with van der Waals surface area (Å²) in [5, 5.41) is 0.969. The predicted molar refractivity (Wildman–Crippen MR) is 70.0 cm³/mol. The summed E-state index contributed by atoms with van der Waals surface area (Å²) >= 11 is 11.8. The zero-order valence-corrected chi connectivity index (χ0v) is 10.5. The molecule has 0 aliphatic carbocycles. The molecule has 0 fully saturated rings. The number of benzene rings is 1. The average molecular weight is 269 g/mol. The van der Waals surface area contributed by atoms with Gasteiger partial charge in [0, 0.05) is 17.3 Å². The molecule has 0 spiro atoms. The summed E-state index contributed by atoms with van der Waals surface area (Å²) in [4.78, 5) is 8.56. The van der Waals surface area contributed by atoms with E-state index in [0.29, 0.717) is 21.7 Å². The lowest BCUT2D eigenvalue weighted by molar-refractivity contribution is 1.09.